The first-order valence-electron chi connectivity index (χ1n) is 9.53. The fourth-order valence-corrected chi connectivity index (χ4v) is 3.31. The standard InChI is InChI=1S/C22H26N2O5/c1-14(2)29-16-9-7-15(8-10-16)19-18(20(25)17-6-5-13-28-17)21(26)22(27)24(19)12-11-23(3)4/h5-10,13-14,19,26H,11-12H2,1-4H3/t19-/m0/s1. The van der Waals surface area contributed by atoms with Crippen LogP contribution in [0.2, 0.25) is 0 Å². The maximum atomic E-state index is 13.0. The zero-order valence-electron chi connectivity index (χ0n) is 17.1. The maximum Gasteiger partial charge on any atom is 0.290 e. The first-order valence-corrected chi connectivity index (χ1v) is 9.53. The number of ketones is 1. The summed E-state index contributed by atoms with van der Waals surface area (Å²) in [6.07, 6.45) is 1.42. The summed E-state index contributed by atoms with van der Waals surface area (Å²) in [7, 11) is 3.80. The van der Waals surface area contributed by atoms with Gasteiger partial charge in [0.1, 0.15) is 5.75 Å². The topological polar surface area (TPSA) is 83.2 Å². The van der Waals surface area contributed by atoms with Crippen molar-refractivity contribution in [3.63, 3.8) is 0 Å². The average Bonchev–Trinajstić information content (AvgIpc) is 3.28. The van der Waals surface area contributed by atoms with Crippen LogP contribution in [0.5, 0.6) is 5.75 Å². The van der Waals surface area contributed by atoms with Crippen LogP contribution in [-0.2, 0) is 4.79 Å². The Morgan fingerprint density at radius 1 is 1.24 bits per heavy atom. The van der Waals surface area contributed by atoms with E-state index in [-0.39, 0.29) is 17.4 Å². The lowest BCUT2D eigenvalue weighted by atomic mass is 9.95. The molecule has 2 aromatic rings. The lowest BCUT2D eigenvalue weighted by Crippen LogP contribution is -2.36. The van der Waals surface area contributed by atoms with Gasteiger partial charge in [-0.25, -0.2) is 0 Å². The molecule has 1 aliphatic rings. The monoisotopic (exact) mass is 398 g/mol. The quantitative estimate of drug-likeness (QED) is 0.688. The third-order valence-corrected chi connectivity index (χ3v) is 4.65. The molecule has 2 heterocycles. The van der Waals surface area contributed by atoms with Gasteiger partial charge < -0.3 is 24.1 Å². The Labute approximate surface area is 170 Å². The molecule has 0 radical (unpaired) electrons. The van der Waals surface area contributed by atoms with Gasteiger partial charge in [-0.2, -0.15) is 0 Å². The molecule has 1 atom stereocenters. The van der Waals surface area contributed by atoms with Crippen molar-refractivity contribution in [3.05, 3.63) is 65.3 Å². The molecule has 0 saturated carbocycles. The van der Waals surface area contributed by atoms with E-state index in [2.05, 4.69) is 0 Å². The minimum absolute atomic E-state index is 0.0289. The number of aliphatic hydroxyl groups excluding tert-OH is 1. The van der Waals surface area contributed by atoms with Crippen LogP contribution in [0.15, 0.2) is 58.4 Å². The average molecular weight is 398 g/mol. The van der Waals surface area contributed by atoms with Crippen LogP contribution >= 0.6 is 0 Å². The molecule has 0 unspecified atom stereocenters. The maximum absolute atomic E-state index is 13.0. The number of carbonyl (C=O) groups excluding carboxylic acids is 2. The number of amides is 1. The van der Waals surface area contributed by atoms with Gasteiger partial charge in [0.05, 0.1) is 24.0 Å². The van der Waals surface area contributed by atoms with Gasteiger partial charge in [0.2, 0.25) is 5.78 Å². The number of ether oxygens (including phenoxy) is 1. The minimum atomic E-state index is -0.701. The summed E-state index contributed by atoms with van der Waals surface area (Å²) < 4.78 is 10.9. The summed E-state index contributed by atoms with van der Waals surface area (Å²) in [6.45, 7) is 4.83. The lowest BCUT2D eigenvalue weighted by molar-refractivity contribution is -0.129. The highest BCUT2D eigenvalue weighted by Crippen LogP contribution is 2.39. The van der Waals surface area contributed by atoms with E-state index in [9.17, 15) is 14.7 Å². The van der Waals surface area contributed by atoms with E-state index in [1.165, 1.54) is 17.2 Å². The molecule has 1 amide bonds. The molecular weight excluding hydrogens is 372 g/mol. The molecular formula is C22H26N2O5. The summed E-state index contributed by atoms with van der Waals surface area (Å²) in [5.74, 6) is -0.814. The van der Waals surface area contributed by atoms with Crippen LogP contribution < -0.4 is 4.74 Å². The summed E-state index contributed by atoms with van der Waals surface area (Å²) in [5.41, 5.74) is 0.744. The van der Waals surface area contributed by atoms with Gasteiger partial charge in [-0.05, 0) is 57.8 Å². The van der Waals surface area contributed by atoms with Crippen molar-refractivity contribution < 1.29 is 23.8 Å². The number of Topliss-reactive ketones (excluding diaryl/α,β-unsaturated/α-hetero) is 1. The first-order chi connectivity index (χ1) is 13.8. The van der Waals surface area contributed by atoms with E-state index < -0.39 is 23.5 Å². The molecule has 0 spiro atoms. The SMILES string of the molecule is CC(C)Oc1ccc([C@H]2C(C(=O)c3ccco3)=C(O)C(=O)N2CCN(C)C)cc1. The van der Waals surface area contributed by atoms with E-state index in [0.717, 1.165) is 0 Å². The van der Waals surface area contributed by atoms with Gasteiger partial charge in [0, 0.05) is 13.1 Å². The molecule has 7 nitrogen and oxygen atoms in total. The zero-order chi connectivity index (χ0) is 21.1. The van der Waals surface area contributed by atoms with Crippen molar-refractivity contribution in [3.8, 4) is 5.75 Å². The summed E-state index contributed by atoms with van der Waals surface area (Å²) >= 11 is 0. The fraction of sp³-hybridized carbons (Fsp3) is 0.364. The number of nitrogens with zero attached hydrogens (tertiary/aromatic N) is 2. The van der Waals surface area contributed by atoms with Gasteiger partial charge in [-0.1, -0.05) is 12.1 Å². The number of rotatable bonds is 8. The molecule has 7 heteroatoms. The van der Waals surface area contributed by atoms with E-state index in [1.54, 1.807) is 18.2 Å². The predicted octanol–water partition coefficient (Wildman–Crippen LogP) is 3.21. The second-order valence-corrected chi connectivity index (χ2v) is 7.51. The molecule has 154 valence electrons. The number of hydrogen-bond acceptors (Lipinski definition) is 6. The second kappa shape index (κ2) is 8.53. The summed E-state index contributed by atoms with van der Waals surface area (Å²) in [4.78, 5) is 29.3. The number of benzene rings is 1. The van der Waals surface area contributed by atoms with Gasteiger partial charge in [0.15, 0.2) is 11.5 Å². The van der Waals surface area contributed by atoms with Crippen molar-refractivity contribution >= 4 is 11.7 Å². The van der Waals surface area contributed by atoms with Crippen molar-refractivity contribution in [2.75, 3.05) is 27.2 Å². The zero-order valence-corrected chi connectivity index (χ0v) is 17.1. The van der Waals surface area contributed by atoms with Crippen molar-refractivity contribution in [1.29, 1.82) is 0 Å². The van der Waals surface area contributed by atoms with Crippen molar-refractivity contribution in [1.82, 2.24) is 9.80 Å². The van der Waals surface area contributed by atoms with Crippen LogP contribution in [0, 0.1) is 0 Å². The highest BCUT2D eigenvalue weighted by molar-refractivity contribution is 6.15. The Morgan fingerprint density at radius 3 is 2.48 bits per heavy atom. The summed E-state index contributed by atoms with van der Waals surface area (Å²) in [6, 6.07) is 9.64. The molecule has 0 saturated heterocycles. The molecule has 29 heavy (non-hydrogen) atoms. The first kappa shape index (κ1) is 20.7. The third-order valence-electron chi connectivity index (χ3n) is 4.65. The Morgan fingerprint density at radius 2 is 1.93 bits per heavy atom. The van der Waals surface area contributed by atoms with Crippen molar-refractivity contribution in [2.45, 2.75) is 26.0 Å². The van der Waals surface area contributed by atoms with Crippen molar-refractivity contribution in [2.24, 2.45) is 0 Å². The molecule has 1 aromatic heterocycles. The highest BCUT2D eigenvalue weighted by atomic mass is 16.5. The van der Waals surface area contributed by atoms with Gasteiger partial charge in [0.25, 0.3) is 5.91 Å². The van der Waals surface area contributed by atoms with E-state index in [4.69, 9.17) is 9.15 Å². The van der Waals surface area contributed by atoms with Crippen LogP contribution in [0.4, 0.5) is 0 Å². The molecule has 0 fully saturated rings. The third kappa shape index (κ3) is 4.35. The Bertz CT molecular complexity index is 898. The smallest absolute Gasteiger partial charge is 0.290 e. The second-order valence-electron chi connectivity index (χ2n) is 7.51. The number of aliphatic hydroxyl groups is 1. The largest absolute Gasteiger partial charge is 0.503 e. The number of furan rings is 1. The number of carbonyl (C=O) groups is 2. The van der Waals surface area contributed by atoms with Gasteiger partial charge in [-0.3, -0.25) is 9.59 Å². The van der Waals surface area contributed by atoms with Gasteiger partial charge >= 0.3 is 0 Å². The van der Waals surface area contributed by atoms with Crippen LogP contribution in [0.1, 0.15) is 36.0 Å². The molecule has 0 aliphatic carbocycles. The van der Waals surface area contributed by atoms with Crippen LogP contribution in [0.3, 0.4) is 0 Å². The Hall–Kier alpha value is -3.06. The molecule has 3 rings (SSSR count). The minimum Gasteiger partial charge on any atom is -0.503 e. The fourth-order valence-electron chi connectivity index (χ4n) is 3.31. The Balaban J connectivity index is 2.00. The van der Waals surface area contributed by atoms with E-state index in [1.807, 2.05) is 45.0 Å². The number of likely N-dealkylation sites (N-methyl/N-ethyl adjacent to an activating group) is 1. The van der Waals surface area contributed by atoms with E-state index in [0.29, 0.717) is 24.4 Å². The van der Waals surface area contributed by atoms with Crippen LogP contribution in [0.25, 0.3) is 0 Å². The lowest BCUT2D eigenvalue weighted by Gasteiger charge is -2.28. The highest BCUT2D eigenvalue weighted by Gasteiger charge is 2.44. The van der Waals surface area contributed by atoms with E-state index >= 15 is 0 Å². The normalized spacial score (nSPS) is 17.0. The Kier molecular flexibility index (Phi) is 6.08. The molecule has 1 aromatic carbocycles. The molecule has 1 aliphatic heterocycles. The molecule has 1 N–H and O–H groups in total. The summed E-state index contributed by atoms with van der Waals surface area (Å²) in [5, 5.41) is 10.6. The number of hydrogen-bond donors (Lipinski definition) is 1. The van der Waals surface area contributed by atoms with Crippen LogP contribution in [-0.4, -0.2) is 59.9 Å². The predicted molar refractivity (Wildman–Crippen MR) is 108 cm³/mol. The molecule has 0 bridgehead atoms. The van der Waals surface area contributed by atoms with Gasteiger partial charge in [-0.15, -0.1) is 0 Å².